The Morgan fingerprint density at radius 1 is 1.35 bits per heavy atom. The molecular formula is C15H23NO. The summed E-state index contributed by atoms with van der Waals surface area (Å²) in [4.78, 5) is 0. The number of rotatable bonds is 1. The second kappa shape index (κ2) is 4.34. The van der Waals surface area contributed by atoms with Gasteiger partial charge in [-0.15, -0.1) is 0 Å². The lowest BCUT2D eigenvalue weighted by Crippen LogP contribution is -2.48. The van der Waals surface area contributed by atoms with Gasteiger partial charge in [-0.1, -0.05) is 45.9 Å². The van der Waals surface area contributed by atoms with Crippen molar-refractivity contribution in [2.45, 2.75) is 52.7 Å². The molecule has 0 saturated heterocycles. The van der Waals surface area contributed by atoms with E-state index in [1.165, 1.54) is 16.8 Å². The molecule has 1 heterocycles. The van der Waals surface area contributed by atoms with E-state index in [4.69, 9.17) is 0 Å². The topological polar surface area (TPSA) is 32.3 Å². The Morgan fingerprint density at radius 2 is 2.06 bits per heavy atom. The standard InChI is InChI=1S/C15H23NO/c1-5-10-7-6-8-11-9-12(17)14(15(2,3)4)16-13(10)11/h6-8,12,14,16-17H,5,9H2,1-4H3. The van der Waals surface area contributed by atoms with Gasteiger partial charge in [0.1, 0.15) is 0 Å². The predicted octanol–water partition coefficient (Wildman–Crippen LogP) is 2.99. The molecule has 0 amide bonds. The van der Waals surface area contributed by atoms with Crippen molar-refractivity contribution in [3.05, 3.63) is 29.3 Å². The first kappa shape index (κ1) is 12.4. The summed E-state index contributed by atoms with van der Waals surface area (Å²) in [6, 6.07) is 6.50. The molecule has 0 radical (unpaired) electrons. The zero-order chi connectivity index (χ0) is 12.6. The lowest BCUT2D eigenvalue weighted by Gasteiger charge is -2.40. The number of nitrogens with one attached hydrogen (secondary N) is 1. The number of para-hydroxylation sites is 1. The summed E-state index contributed by atoms with van der Waals surface area (Å²) in [5.41, 5.74) is 3.92. The van der Waals surface area contributed by atoms with Crippen LogP contribution < -0.4 is 5.32 Å². The van der Waals surface area contributed by atoms with Crippen LogP contribution in [0.3, 0.4) is 0 Å². The van der Waals surface area contributed by atoms with Crippen LogP contribution in [0.15, 0.2) is 18.2 Å². The van der Waals surface area contributed by atoms with E-state index in [1.54, 1.807) is 0 Å². The van der Waals surface area contributed by atoms with E-state index in [1.807, 2.05) is 0 Å². The number of anilines is 1. The third-order valence-electron chi connectivity index (χ3n) is 3.66. The molecule has 0 bridgehead atoms. The smallest absolute Gasteiger partial charge is 0.0787 e. The molecule has 1 aliphatic rings. The fraction of sp³-hybridized carbons (Fsp3) is 0.600. The Balaban J connectivity index is 2.38. The number of fused-ring (bicyclic) bond motifs is 1. The average molecular weight is 233 g/mol. The predicted molar refractivity (Wildman–Crippen MR) is 72.4 cm³/mol. The SMILES string of the molecule is CCc1cccc2c1NC(C(C)(C)C)C(O)C2. The van der Waals surface area contributed by atoms with Crippen molar-refractivity contribution in [2.24, 2.45) is 5.41 Å². The fourth-order valence-electron chi connectivity index (χ4n) is 2.69. The molecule has 1 aromatic rings. The van der Waals surface area contributed by atoms with Crippen LogP contribution in [-0.2, 0) is 12.8 Å². The molecule has 1 aromatic carbocycles. The normalized spacial score (nSPS) is 24.1. The van der Waals surface area contributed by atoms with Gasteiger partial charge in [0, 0.05) is 12.1 Å². The van der Waals surface area contributed by atoms with E-state index in [9.17, 15) is 5.11 Å². The zero-order valence-corrected chi connectivity index (χ0v) is 11.2. The maximum Gasteiger partial charge on any atom is 0.0787 e. The van der Waals surface area contributed by atoms with Crippen molar-refractivity contribution in [2.75, 3.05) is 5.32 Å². The monoisotopic (exact) mass is 233 g/mol. The van der Waals surface area contributed by atoms with Gasteiger partial charge in [-0.2, -0.15) is 0 Å². The van der Waals surface area contributed by atoms with Crippen molar-refractivity contribution in [3.63, 3.8) is 0 Å². The zero-order valence-electron chi connectivity index (χ0n) is 11.2. The van der Waals surface area contributed by atoms with Gasteiger partial charge in [0.05, 0.1) is 12.1 Å². The number of benzene rings is 1. The first-order valence-electron chi connectivity index (χ1n) is 6.49. The molecule has 2 heteroatoms. The first-order valence-corrected chi connectivity index (χ1v) is 6.49. The quantitative estimate of drug-likeness (QED) is 0.781. The summed E-state index contributed by atoms with van der Waals surface area (Å²) < 4.78 is 0. The molecule has 94 valence electrons. The van der Waals surface area contributed by atoms with Crippen LogP contribution in [0.4, 0.5) is 5.69 Å². The third-order valence-corrected chi connectivity index (χ3v) is 3.66. The van der Waals surface area contributed by atoms with Crippen LogP contribution in [0.1, 0.15) is 38.8 Å². The highest BCUT2D eigenvalue weighted by Crippen LogP contribution is 2.35. The van der Waals surface area contributed by atoms with E-state index in [0.717, 1.165) is 12.8 Å². The van der Waals surface area contributed by atoms with Crippen molar-refractivity contribution in [1.29, 1.82) is 0 Å². The van der Waals surface area contributed by atoms with Crippen molar-refractivity contribution in [1.82, 2.24) is 0 Å². The van der Waals surface area contributed by atoms with Gasteiger partial charge in [0.2, 0.25) is 0 Å². The molecule has 0 fully saturated rings. The first-order chi connectivity index (χ1) is 7.93. The highest BCUT2D eigenvalue weighted by Gasteiger charge is 2.35. The maximum atomic E-state index is 10.3. The summed E-state index contributed by atoms with van der Waals surface area (Å²) >= 11 is 0. The summed E-state index contributed by atoms with van der Waals surface area (Å²) in [6.07, 6.45) is 1.50. The minimum absolute atomic E-state index is 0.0674. The van der Waals surface area contributed by atoms with Gasteiger partial charge in [-0.05, 0) is 23.0 Å². The van der Waals surface area contributed by atoms with Crippen LogP contribution in [0.2, 0.25) is 0 Å². The van der Waals surface area contributed by atoms with Crippen molar-refractivity contribution < 1.29 is 5.11 Å². The largest absolute Gasteiger partial charge is 0.391 e. The molecule has 2 rings (SSSR count). The number of hydrogen-bond acceptors (Lipinski definition) is 2. The van der Waals surface area contributed by atoms with E-state index in [2.05, 4.69) is 51.2 Å². The van der Waals surface area contributed by atoms with Crippen LogP contribution >= 0.6 is 0 Å². The second-order valence-corrected chi connectivity index (χ2v) is 6.06. The number of aliphatic hydroxyl groups excluding tert-OH is 1. The van der Waals surface area contributed by atoms with Gasteiger partial charge in [0.15, 0.2) is 0 Å². The highest BCUT2D eigenvalue weighted by molar-refractivity contribution is 5.60. The van der Waals surface area contributed by atoms with Crippen molar-refractivity contribution >= 4 is 5.69 Å². The molecule has 0 aliphatic carbocycles. The van der Waals surface area contributed by atoms with Crippen LogP contribution in [0.5, 0.6) is 0 Å². The third kappa shape index (κ3) is 2.32. The van der Waals surface area contributed by atoms with Gasteiger partial charge in [0.25, 0.3) is 0 Å². The summed E-state index contributed by atoms with van der Waals surface area (Å²) in [5.74, 6) is 0. The fourth-order valence-corrected chi connectivity index (χ4v) is 2.69. The van der Waals surface area contributed by atoms with Crippen molar-refractivity contribution in [3.8, 4) is 0 Å². The number of aryl methyl sites for hydroxylation is 1. The molecule has 2 nitrogen and oxygen atoms in total. The molecule has 2 atom stereocenters. The molecule has 17 heavy (non-hydrogen) atoms. The summed E-state index contributed by atoms with van der Waals surface area (Å²) in [7, 11) is 0. The number of hydrogen-bond donors (Lipinski definition) is 2. The number of aliphatic hydroxyl groups is 1. The minimum Gasteiger partial charge on any atom is -0.391 e. The van der Waals surface area contributed by atoms with E-state index in [0.29, 0.717) is 0 Å². The van der Waals surface area contributed by atoms with Gasteiger partial charge in [-0.25, -0.2) is 0 Å². The molecular weight excluding hydrogens is 210 g/mol. The Bertz CT molecular complexity index is 406. The Labute approximate surface area is 104 Å². The molecule has 2 N–H and O–H groups in total. The summed E-state index contributed by atoms with van der Waals surface area (Å²) in [5, 5.41) is 13.8. The Kier molecular flexibility index (Phi) is 3.17. The minimum atomic E-state index is -0.297. The second-order valence-electron chi connectivity index (χ2n) is 6.06. The van der Waals surface area contributed by atoms with E-state index < -0.39 is 0 Å². The summed E-state index contributed by atoms with van der Waals surface area (Å²) in [6.45, 7) is 8.70. The Morgan fingerprint density at radius 3 is 2.65 bits per heavy atom. The lowest BCUT2D eigenvalue weighted by molar-refractivity contribution is 0.0986. The molecule has 1 aliphatic heterocycles. The molecule has 0 saturated carbocycles. The van der Waals surface area contributed by atoms with Gasteiger partial charge < -0.3 is 10.4 Å². The van der Waals surface area contributed by atoms with Crippen LogP contribution in [0.25, 0.3) is 0 Å². The lowest BCUT2D eigenvalue weighted by atomic mass is 9.78. The van der Waals surface area contributed by atoms with Gasteiger partial charge >= 0.3 is 0 Å². The molecule has 0 aromatic heterocycles. The van der Waals surface area contributed by atoms with E-state index >= 15 is 0 Å². The maximum absolute atomic E-state index is 10.3. The highest BCUT2D eigenvalue weighted by atomic mass is 16.3. The molecule has 0 spiro atoms. The van der Waals surface area contributed by atoms with Crippen LogP contribution in [-0.4, -0.2) is 17.3 Å². The average Bonchev–Trinajstić information content (AvgIpc) is 2.25. The van der Waals surface area contributed by atoms with Gasteiger partial charge in [-0.3, -0.25) is 0 Å². The van der Waals surface area contributed by atoms with Crippen LogP contribution in [0, 0.1) is 5.41 Å². The Hall–Kier alpha value is -1.02. The van der Waals surface area contributed by atoms with E-state index in [-0.39, 0.29) is 17.6 Å². The molecule has 2 unspecified atom stereocenters.